The van der Waals surface area contributed by atoms with Crippen LogP contribution in [-0.2, 0) is 0 Å². The van der Waals surface area contributed by atoms with Crippen LogP contribution < -0.4 is 5.73 Å². The van der Waals surface area contributed by atoms with Crippen LogP contribution in [0.2, 0.25) is 5.02 Å². The highest BCUT2D eigenvalue weighted by Gasteiger charge is 2.16. The van der Waals surface area contributed by atoms with Gasteiger partial charge in [-0.25, -0.2) is 4.39 Å². The number of rotatable bonds is 4. The van der Waals surface area contributed by atoms with Gasteiger partial charge in [0.2, 0.25) is 0 Å². The van der Waals surface area contributed by atoms with E-state index in [0.29, 0.717) is 16.5 Å². The zero-order valence-corrected chi connectivity index (χ0v) is 11.2. The number of halogens is 2. The molecule has 1 nitrogen and oxygen atoms in total. The molecule has 0 aliphatic carbocycles. The molecule has 2 aromatic rings. The summed E-state index contributed by atoms with van der Waals surface area (Å²) in [6.07, 6.45) is 0. The Labute approximate surface area is 115 Å². The maximum atomic E-state index is 13.6. The van der Waals surface area contributed by atoms with Crippen LogP contribution in [0.25, 0.3) is 0 Å². The third-order valence-electron chi connectivity index (χ3n) is 2.57. The lowest BCUT2D eigenvalue weighted by Gasteiger charge is -2.16. The average molecular weight is 282 g/mol. The quantitative estimate of drug-likeness (QED) is 0.847. The van der Waals surface area contributed by atoms with Gasteiger partial charge in [-0.1, -0.05) is 41.9 Å². The molecule has 2 rings (SSSR count). The molecule has 0 saturated heterocycles. The average Bonchev–Trinajstić information content (AvgIpc) is 2.39. The van der Waals surface area contributed by atoms with E-state index >= 15 is 0 Å². The molecular weight excluding hydrogens is 269 g/mol. The van der Waals surface area contributed by atoms with Crippen LogP contribution >= 0.6 is 23.4 Å². The van der Waals surface area contributed by atoms with Gasteiger partial charge >= 0.3 is 0 Å². The summed E-state index contributed by atoms with van der Waals surface area (Å²) in [5.74, 6) is -0.229. The Morgan fingerprint density at radius 3 is 2.44 bits per heavy atom. The van der Waals surface area contributed by atoms with Crippen LogP contribution in [0.15, 0.2) is 53.4 Å². The highest BCUT2D eigenvalue weighted by atomic mass is 35.5. The lowest BCUT2D eigenvalue weighted by molar-refractivity contribution is 0.601. The highest BCUT2D eigenvalue weighted by Crippen LogP contribution is 2.38. The van der Waals surface area contributed by atoms with Crippen LogP contribution in [-0.4, -0.2) is 6.54 Å². The zero-order valence-electron chi connectivity index (χ0n) is 9.64. The smallest absolute Gasteiger partial charge is 0.136 e. The molecule has 0 fully saturated rings. The van der Waals surface area contributed by atoms with Gasteiger partial charge in [0.1, 0.15) is 5.82 Å². The first-order valence-corrected chi connectivity index (χ1v) is 6.84. The summed E-state index contributed by atoms with van der Waals surface area (Å²) in [6.45, 7) is 0.405. The van der Waals surface area contributed by atoms with Crippen molar-refractivity contribution < 1.29 is 4.39 Å². The summed E-state index contributed by atoms with van der Waals surface area (Å²) in [5.41, 5.74) is 6.71. The van der Waals surface area contributed by atoms with Crippen molar-refractivity contribution in [3.63, 3.8) is 0 Å². The molecule has 0 aromatic heterocycles. The lowest BCUT2D eigenvalue weighted by Crippen LogP contribution is -2.10. The van der Waals surface area contributed by atoms with Gasteiger partial charge in [-0.2, -0.15) is 0 Å². The summed E-state index contributed by atoms with van der Waals surface area (Å²) < 4.78 is 13.6. The number of thioether (sulfide) groups is 1. The Kier molecular flexibility index (Phi) is 4.64. The van der Waals surface area contributed by atoms with Crippen LogP contribution in [0.3, 0.4) is 0 Å². The van der Waals surface area contributed by atoms with Crippen molar-refractivity contribution >= 4 is 23.4 Å². The molecule has 0 radical (unpaired) electrons. The summed E-state index contributed by atoms with van der Waals surface area (Å²) in [6, 6.07) is 14.2. The van der Waals surface area contributed by atoms with E-state index in [0.717, 1.165) is 5.56 Å². The van der Waals surface area contributed by atoms with Gasteiger partial charge in [0.15, 0.2) is 0 Å². The van der Waals surface area contributed by atoms with E-state index < -0.39 is 0 Å². The van der Waals surface area contributed by atoms with Gasteiger partial charge in [-0.15, -0.1) is 11.8 Å². The molecule has 1 unspecified atom stereocenters. The van der Waals surface area contributed by atoms with E-state index in [1.54, 1.807) is 12.1 Å². The first-order valence-electron chi connectivity index (χ1n) is 5.58. The van der Waals surface area contributed by atoms with Crippen molar-refractivity contribution in [2.45, 2.75) is 10.1 Å². The Morgan fingerprint density at radius 1 is 1.11 bits per heavy atom. The van der Waals surface area contributed by atoms with Crippen molar-refractivity contribution in [2.24, 2.45) is 5.73 Å². The minimum absolute atomic E-state index is 0.0457. The molecule has 0 saturated carbocycles. The Morgan fingerprint density at radius 2 is 1.78 bits per heavy atom. The molecule has 0 spiro atoms. The Hall–Kier alpha value is -1.03. The first-order chi connectivity index (χ1) is 8.72. The molecule has 0 amide bonds. The number of benzene rings is 2. The number of nitrogens with two attached hydrogens (primary N) is 1. The van der Waals surface area contributed by atoms with Gasteiger partial charge in [-0.3, -0.25) is 0 Å². The third kappa shape index (κ3) is 3.05. The van der Waals surface area contributed by atoms with Gasteiger partial charge in [0.05, 0.1) is 0 Å². The molecule has 0 aliphatic heterocycles. The van der Waals surface area contributed by atoms with Crippen LogP contribution in [0, 0.1) is 5.82 Å². The normalized spacial score (nSPS) is 12.4. The van der Waals surface area contributed by atoms with E-state index in [4.69, 9.17) is 17.3 Å². The Balaban J connectivity index is 2.26. The van der Waals surface area contributed by atoms with Crippen LogP contribution in [0.5, 0.6) is 0 Å². The van der Waals surface area contributed by atoms with Gasteiger partial charge < -0.3 is 5.73 Å². The van der Waals surface area contributed by atoms with Crippen molar-refractivity contribution in [1.29, 1.82) is 0 Å². The van der Waals surface area contributed by atoms with Gasteiger partial charge in [0.25, 0.3) is 0 Å². The summed E-state index contributed by atoms with van der Waals surface area (Å²) in [5, 5.41) is 0.618. The van der Waals surface area contributed by atoms with E-state index in [1.807, 2.05) is 30.3 Å². The molecule has 18 heavy (non-hydrogen) atoms. The van der Waals surface area contributed by atoms with Gasteiger partial charge in [-0.05, 0) is 23.8 Å². The molecule has 4 heteroatoms. The molecule has 0 aliphatic rings. The summed E-state index contributed by atoms with van der Waals surface area (Å²) in [4.78, 5) is 0.591. The second kappa shape index (κ2) is 6.23. The van der Waals surface area contributed by atoms with Gasteiger partial charge in [0, 0.05) is 21.7 Å². The highest BCUT2D eigenvalue weighted by molar-refractivity contribution is 7.99. The maximum Gasteiger partial charge on any atom is 0.136 e. The molecule has 1 atom stereocenters. The fourth-order valence-electron chi connectivity index (χ4n) is 1.67. The zero-order chi connectivity index (χ0) is 13.0. The van der Waals surface area contributed by atoms with E-state index in [9.17, 15) is 4.39 Å². The van der Waals surface area contributed by atoms with E-state index in [1.165, 1.54) is 17.8 Å². The fourth-order valence-corrected chi connectivity index (χ4v) is 3.07. The maximum absolute atomic E-state index is 13.6. The van der Waals surface area contributed by atoms with E-state index in [-0.39, 0.29) is 11.1 Å². The van der Waals surface area contributed by atoms with Crippen LogP contribution in [0.4, 0.5) is 4.39 Å². The van der Waals surface area contributed by atoms with Crippen molar-refractivity contribution in [3.05, 3.63) is 64.9 Å². The fraction of sp³-hybridized carbons (Fsp3) is 0.143. The van der Waals surface area contributed by atoms with Crippen LogP contribution in [0.1, 0.15) is 10.8 Å². The van der Waals surface area contributed by atoms with E-state index in [2.05, 4.69) is 0 Å². The molecule has 0 bridgehead atoms. The summed E-state index contributed by atoms with van der Waals surface area (Å²) in [7, 11) is 0. The predicted octanol–water partition coefficient (Wildman–Crippen LogP) is 4.27. The first kappa shape index (κ1) is 13.4. The molecule has 94 valence electrons. The molecular formula is C14H13ClFNS. The number of hydrogen-bond donors (Lipinski definition) is 1. The molecule has 2 N–H and O–H groups in total. The largest absolute Gasteiger partial charge is 0.329 e. The summed E-state index contributed by atoms with van der Waals surface area (Å²) >= 11 is 7.54. The minimum Gasteiger partial charge on any atom is -0.329 e. The predicted molar refractivity (Wildman–Crippen MR) is 75.5 cm³/mol. The topological polar surface area (TPSA) is 26.0 Å². The van der Waals surface area contributed by atoms with Crippen molar-refractivity contribution in [1.82, 2.24) is 0 Å². The third-order valence-corrected chi connectivity index (χ3v) is 4.23. The van der Waals surface area contributed by atoms with Crippen molar-refractivity contribution in [3.8, 4) is 0 Å². The number of hydrogen-bond acceptors (Lipinski definition) is 2. The second-order valence-electron chi connectivity index (χ2n) is 3.79. The molecule has 2 aromatic carbocycles. The second-order valence-corrected chi connectivity index (χ2v) is 5.45. The SMILES string of the molecule is NCC(Sc1ccccc1F)c1ccccc1Cl. The molecule has 0 heterocycles. The minimum atomic E-state index is -0.229. The lowest BCUT2D eigenvalue weighted by atomic mass is 10.1. The standard InChI is InChI=1S/C14H13ClFNS/c15-11-6-2-1-5-10(11)14(9-17)18-13-8-4-3-7-12(13)16/h1-8,14H,9,17H2. The monoisotopic (exact) mass is 281 g/mol. The Bertz CT molecular complexity index is 533. The van der Waals surface area contributed by atoms with Crippen molar-refractivity contribution in [2.75, 3.05) is 6.54 Å².